The summed E-state index contributed by atoms with van der Waals surface area (Å²) in [7, 11) is 2.14. The van der Waals surface area contributed by atoms with E-state index in [1.807, 2.05) is 18.2 Å². The van der Waals surface area contributed by atoms with Gasteiger partial charge in [-0.3, -0.25) is 4.79 Å². The SMILES string of the molecule is CN1CC[C@H](O)[C@@]2(CCCN(c3nc(CCc4ccccc4)nc4c3CCNC4=O)C2)C1. The number of nitrogens with zero attached hydrogens (tertiary/aromatic N) is 4. The van der Waals surface area contributed by atoms with Crippen molar-refractivity contribution < 1.29 is 9.90 Å². The van der Waals surface area contributed by atoms with Gasteiger partial charge in [0, 0.05) is 50.1 Å². The molecule has 1 spiro atoms. The van der Waals surface area contributed by atoms with E-state index in [4.69, 9.17) is 4.98 Å². The van der Waals surface area contributed by atoms with Crippen molar-refractivity contribution in [3.63, 3.8) is 0 Å². The Morgan fingerprint density at radius 3 is 2.84 bits per heavy atom. The zero-order chi connectivity index (χ0) is 22.1. The van der Waals surface area contributed by atoms with Crippen molar-refractivity contribution in [3.8, 4) is 0 Å². The average molecular weight is 436 g/mol. The molecule has 0 unspecified atom stereocenters. The van der Waals surface area contributed by atoms with Gasteiger partial charge in [0.1, 0.15) is 17.3 Å². The molecule has 3 aliphatic rings. The number of aliphatic hydroxyl groups excluding tert-OH is 1. The minimum Gasteiger partial charge on any atom is -0.392 e. The van der Waals surface area contributed by atoms with Crippen molar-refractivity contribution >= 4 is 11.7 Å². The molecule has 32 heavy (non-hydrogen) atoms. The van der Waals surface area contributed by atoms with Crippen molar-refractivity contribution in [2.75, 3.05) is 44.7 Å². The molecule has 3 aliphatic heterocycles. The number of aromatic nitrogens is 2. The highest BCUT2D eigenvalue weighted by molar-refractivity contribution is 5.96. The van der Waals surface area contributed by atoms with Gasteiger partial charge in [0.05, 0.1) is 6.10 Å². The summed E-state index contributed by atoms with van der Waals surface area (Å²) in [5.74, 6) is 1.54. The van der Waals surface area contributed by atoms with Gasteiger partial charge in [-0.2, -0.15) is 0 Å². The first-order chi connectivity index (χ1) is 15.5. The van der Waals surface area contributed by atoms with Crippen LogP contribution in [0.4, 0.5) is 5.82 Å². The number of hydrogen-bond acceptors (Lipinski definition) is 6. The van der Waals surface area contributed by atoms with Gasteiger partial charge in [-0.1, -0.05) is 30.3 Å². The summed E-state index contributed by atoms with van der Waals surface area (Å²) in [6.07, 6.45) is 4.87. The number of carbonyl (C=O) groups excluding carboxylic acids is 1. The molecular weight excluding hydrogens is 402 g/mol. The molecule has 2 saturated heterocycles. The molecule has 1 amide bonds. The standard InChI is InChI=1S/C25H33N5O2/c1-29-15-11-20(31)25(16-29)12-5-14-30(17-25)23-19-10-13-26-24(32)22(19)27-21(28-23)9-8-18-6-3-2-4-7-18/h2-4,6-7,20,31H,5,8-17H2,1H3,(H,26,32)/t20-,25-/m0/s1. The lowest BCUT2D eigenvalue weighted by atomic mass is 9.71. The number of anilines is 1. The molecule has 170 valence electrons. The second kappa shape index (κ2) is 8.79. The van der Waals surface area contributed by atoms with Gasteiger partial charge in [0.15, 0.2) is 0 Å². The number of piperidine rings is 2. The summed E-state index contributed by atoms with van der Waals surface area (Å²) in [4.78, 5) is 27.0. The van der Waals surface area contributed by atoms with Crippen LogP contribution in [0.5, 0.6) is 0 Å². The maximum atomic E-state index is 12.7. The molecule has 2 N–H and O–H groups in total. The largest absolute Gasteiger partial charge is 0.392 e. The van der Waals surface area contributed by atoms with E-state index in [-0.39, 0.29) is 17.4 Å². The summed E-state index contributed by atoms with van der Waals surface area (Å²) < 4.78 is 0. The first kappa shape index (κ1) is 21.3. The Labute approximate surface area is 189 Å². The summed E-state index contributed by atoms with van der Waals surface area (Å²) in [6.45, 7) is 4.15. The van der Waals surface area contributed by atoms with E-state index in [9.17, 15) is 9.90 Å². The number of carbonyl (C=O) groups is 1. The van der Waals surface area contributed by atoms with Crippen LogP contribution in [-0.2, 0) is 19.3 Å². The molecule has 7 heteroatoms. The van der Waals surface area contributed by atoms with E-state index >= 15 is 0 Å². The number of nitrogens with one attached hydrogen (secondary N) is 1. The summed E-state index contributed by atoms with van der Waals surface area (Å²) in [6, 6.07) is 10.3. The van der Waals surface area contributed by atoms with Crippen LogP contribution < -0.4 is 10.2 Å². The summed E-state index contributed by atoms with van der Waals surface area (Å²) in [5, 5.41) is 13.9. The zero-order valence-electron chi connectivity index (χ0n) is 18.9. The van der Waals surface area contributed by atoms with Crippen LogP contribution in [0.25, 0.3) is 0 Å². The highest BCUT2D eigenvalue weighted by atomic mass is 16.3. The minimum atomic E-state index is -0.292. The molecule has 0 aliphatic carbocycles. The Bertz CT molecular complexity index is 982. The number of aliphatic hydroxyl groups is 1. The van der Waals surface area contributed by atoms with E-state index in [2.05, 4.69) is 39.3 Å². The van der Waals surface area contributed by atoms with Crippen molar-refractivity contribution in [1.29, 1.82) is 0 Å². The topological polar surface area (TPSA) is 81.6 Å². The van der Waals surface area contributed by atoms with Crippen LogP contribution in [0.1, 0.15) is 46.7 Å². The normalized spacial score (nSPS) is 26.1. The lowest BCUT2D eigenvalue weighted by molar-refractivity contribution is -0.0466. The molecule has 1 aromatic carbocycles. The van der Waals surface area contributed by atoms with Crippen LogP contribution >= 0.6 is 0 Å². The number of benzene rings is 1. The van der Waals surface area contributed by atoms with Gasteiger partial charge >= 0.3 is 0 Å². The predicted molar refractivity (Wildman–Crippen MR) is 124 cm³/mol. The first-order valence-electron chi connectivity index (χ1n) is 11.9. The molecule has 0 bridgehead atoms. The van der Waals surface area contributed by atoms with E-state index in [1.54, 1.807) is 0 Å². The molecule has 5 rings (SSSR count). The van der Waals surface area contributed by atoms with Crippen molar-refractivity contribution in [3.05, 3.63) is 53.0 Å². The van der Waals surface area contributed by atoms with Gasteiger partial charge in [-0.25, -0.2) is 9.97 Å². The van der Waals surface area contributed by atoms with E-state index < -0.39 is 0 Å². The molecule has 7 nitrogen and oxygen atoms in total. The molecule has 1 aromatic heterocycles. The van der Waals surface area contributed by atoms with Gasteiger partial charge in [-0.15, -0.1) is 0 Å². The minimum absolute atomic E-state index is 0.0972. The van der Waals surface area contributed by atoms with Gasteiger partial charge in [-0.05, 0) is 44.7 Å². The van der Waals surface area contributed by atoms with Crippen molar-refractivity contribution in [1.82, 2.24) is 20.2 Å². The summed E-state index contributed by atoms with van der Waals surface area (Å²) >= 11 is 0. The van der Waals surface area contributed by atoms with Crippen LogP contribution in [-0.4, -0.2) is 71.8 Å². The molecule has 4 heterocycles. The predicted octanol–water partition coefficient (Wildman–Crippen LogP) is 1.83. The monoisotopic (exact) mass is 435 g/mol. The highest BCUT2D eigenvalue weighted by Crippen LogP contribution is 2.40. The molecule has 2 atom stereocenters. The number of likely N-dealkylation sites (tertiary alicyclic amines) is 1. The smallest absolute Gasteiger partial charge is 0.270 e. The Morgan fingerprint density at radius 1 is 1.16 bits per heavy atom. The van der Waals surface area contributed by atoms with Crippen molar-refractivity contribution in [2.45, 2.75) is 44.6 Å². The fourth-order valence-corrected chi connectivity index (χ4v) is 5.71. The molecular formula is C25H33N5O2. The summed E-state index contributed by atoms with van der Waals surface area (Å²) in [5.41, 5.74) is 2.60. The quantitative estimate of drug-likeness (QED) is 0.763. The third-order valence-electron chi connectivity index (χ3n) is 7.37. The fourth-order valence-electron chi connectivity index (χ4n) is 5.71. The Hall–Kier alpha value is -2.51. The maximum Gasteiger partial charge on any atom is 0.270 e. The molecule has 0 saturated carbocycles. The lowest BCUT2D eigenvalue weighted by Crippen LogP contribution is -2.58. The second-order valence-corrected chi connectivity index (χ2v) is 9.71. The third-order valence-corrected chi connectivity index (χ3v) is 7.37. The van der Waals surface area contributed by atoms with Gasteiger partial charge in [0.2, 0.25) is 0 Å². The number of rotatable bonds is 4. The molecule has 2 aromatic rings. The van der Waals surface area contributed by atoms with Gasteiger partial charge in [0.25, 0.3) is 5.91 Å². The average Bonchev–Trinajstić information content (AvgIpc) is 2.81. The lowest BCUT2D eigenvalue weighted by Gasteiger charge is -2.51. The van der Waals surface area contributed by atoms with E-state index in [0.29, 0.717) is 18.7 Å². The fraction of sp³-hybridized carbons (Fsp3) is 0.560. The molecule has 2 fully saturated rings. The Morgan fingerprint density at radius 2 is 2.00 bits per heavy atom. The Kier molecular flexibility index (Phi) is 5.86. The number of fused-ring (bicyclic) bond motifs is 1. The second-order valence-electron chi connectivity index (χ2n) is 9.71. The highest BCUT2D eigenvalue weighted by Gasteiger charge is 2.45. The zero-order valence-corrected chi connectivity index (χ0v) is 18.9. The third kappa shape index (κ3) is 4.11. The van der Waals surface area contributed by atoms with Crippen LogP contribution in [0, 0.1) is 5.41 Å². The molecule has 0 radical (unpaired) electrons. The van der Waals surface area contributed by atoms with Crippen molar-refractivity contribution in [2.24, 2.45) is 5.41 Å². The maximum absolute atomic E-state index is 12.7. The number of amides is 1. The van der Waals surface area contributed by atoms with Crippen LogP contribution in [0.3, 0.4) is 0 Å². The van der Waals surface area contributed by atoms with Gasteiger partial charge < -0.3 is 20.2 Å². The number of aryl methyl sites for hydroxylation is 2. The first-order valence-corrected chi connectivity index (χ1v) is 11.9. The van der Waals surface area contributed by atoms with Crippen LogP contribution in [0.2, 0.25) is 0 Å². The van der Waals surface area contributed by atoms with Crippen LogP contribution in [0.15, 0.2) is 30.3 Å². The number of hydrogen-bond donors (Lipinski definition) is 2. The van der Waals surface area contributed by atoms with E-state index in [0.717, 1.165) is 75.5 Å². The van der Waals surface area contributed by atoms with E-state index in [1.165, 1.54) is 5.56 Å². The Balaban J connectivity index is 1.46.